The van der Waals surface area contributed by atoms with Gasteiger partial charge in [-0.3, -0.25) is 0 Å². The Bertz CT molecular complexity index is 715. The summed E-state index contributed by atoms with van der Waals surface area (Å²) in [7, 11) is 12.7. The molecule has 0 saturated carbocycles. The fraction of sp³-hybridized carbons (Fsp3) is 1.00. The fourth-order valence-electron chi connectivity index (χ4n) is 5.91. The van der Waals surface area contributed by atoms with Gasteiger partial charge in [-0.05, 0) is 20.8 Å². The van der Waals surface area contributed by atoms with Crippen LogP contribution in [0.2, 0.25) is 0 Å². The first-order valence-electron chi connectivity index (χ1n) is 13.2. The third kappa shape index (κ3) is 6.77. The van der Waals surface area contributed by atoms with Crippen molar-refractivity contribution in [1.82, 2.24) is 0 Å². The number of hydrogen-bond donors (Lipinski definition) is 0. The third-order valence-corrected chi connectivity index (χ3v) is 7.90. The highest BCUT2D eigenvalue weighted by atomic mass is 16.8. The number of methoxy groups -OCH3 is 8. The van der Waals surface area contributed by atoms with E-state index in [1.54, 1.807) is 56.9 Å². The molecule has 15 atom stereocenters. The molecule has 3 heterocycles. The number of hydrogen-bond acceptors (Lipinski definition) is 13. The first-order valence-corrected chi connectivity index (χ1v) is 13.2. The van der Waals surface area contributed by atoms with Crippen LogP contribution in [0.1, 0.15) is 20.8 Å². The van der Waals surface area contributed by atoms with Crippen molar-refractivity contribution in [3.8, 4) is 0 Å². The molecule has 13 nitrogen and oxygen atoms in total. The van der Waals surface area contributed by atoms with Crippen molar-refractivity contribution in [2.24, 2.45) is 0 Å². The zero-order valence-corrected chi connectivity index (χ0v) is 25.0. The van der Waals surface area contributed by atoms with E-state index in [2.05, 4.69) is 0 Å². The quantitative estimate of drug-likeness (QED) is 0.330. The largest absolute Gasteiger partial charge is 0.376 e. The van der Waals surface area contributed by atoms with E-state index in [-0.39, 0.29) is 18.3 Å². The van der Waals surface area contributed by atoms with Gasteiger partial charge in [0.1, 0.15) is 54.9 Å². The van der Waals surface area contributed by atoms with Crippen molar-refractivity contribution in [1.29, 1.82) is 0 Å². The Morgan fingerprint density at radius 2 is 0.615 bits per heavy atom. The van der Waals surface area contributed by atoms with Crippen LogP contribution in [-0.4, -0.2) is 149 Å². The van der Waals surface area contributed by atoms with Gasteiger partial charge in [0.15, 0.2) is 18.9 Å². The first-order chi connectivity index (χ1) is 18.7. The highest BCUT2D eigenvalue weighted by Crippen LogP contribution is 2.36. The van der Waals surface area contributed by atoms with Crippen LogP contribution in [0.5, 0.6) is 0 Å². The summed E-state index contributed by atoms with van der Waals surface area (Å²) in [5, 5.41) is 0. The summed E-state index contributed by atoms with van der Waals surface area (Å²) in [6, 6.07) is 0. The van der Waals surface area contributed by atoms with Crippen LogP contribution in [-0.2, 0) is 61.6 Å². The molecule has 3 fully saturated rings. The molecule has 0 bridgehead atoms. The molecule has 0 aromatic heterocycles. The van der Waals surface area contributed by atoms with Gasteiger partial charge in [-0.25, -0.2) is 0 Å². The standard InChI is InChI=1S/C26H48O13/c1-12-15(27-4)18(29-6)21(31-8)25(36-12)38-17-14(3)37-26(22(32-9)19(17)30-7)39-20-16(28-5)13(2)35-24(34-11)23(20)33-10/h12-26H,1-11H3. The van der Waals surface area contributed by atoms with Crippen LogP contribution >= 0.6 is 0 Å². The summed E-state index contributed by atoms with van der Waals surface area (Å²) in [6.07, 6.45) is -8.17. The summed E-state index contributed by atoms with van der Waals surface area (Å²) < 4.78 is 77.3. The van der Waals surface area contributed by atoms with Gasteiger partial charge in [-0.1, -0.05) is 0 Å². The fourth-order valence-corrected chi connectivity index (χ4v) is 5.91. The lowest BCUT2D eigenvalue weighted by molar-refractivity contribution is -0.379. The van der Waals surface area contributed by atoms with E-state index in [4.69, 9.17) is 61.6 Å². The Balaban J connectivity index is 1.82. The van der Waals surface area contributed by atoms with Crippen LogP contribution in [0.15, 0.2) is 0 Å². The predicted molar refractivity (Wildman–Crippen MR) is 135 cm³/mol. The second-order valence-corrected chi connectivity index (χ2v) is 9.97. The minimum atomic E-state index is -0.841. The second kappa shape index (κ2) is 15.1. The van der Waals surface area contributed by atoms with Gasteiger partial charge in [0.25, 0.3) is 0 Å². The van der Waals surface area contributed by atoms with Gasteiger partial charge in [-0.2, -0.15) is 0 Å². The van der Waals surface area contributed by atoms with Gasteiger partial charge < -0.3 is 61.6 Å². The molecule has 0 aromatic rings. The summed E-state index contributed by atoms with van der Waals surface area (Å²) in [5.74, 6) is 0. The van der Waals surface area contributed by atoms with Crippen molar-refractivity contribution < 1.29 is 61.6 Å². The van der Waals surface area contributed by atoms with Crippen LogP contribution in [0.25, 0.3) is 0 Å². The molecular weight excluding hydrogens is 520 g/mol. The Kier molecular flexibility index (Phi) is 12.8. The van der Waals surface area contributed by atoms with Crippen LogP contribution in [0.4, 0.5) is 0 Å². The molecule has 3 rings (SSSR count). The maximum absolute atomic E-state index is 6.52. The molecule has 230 valence electrons. The minimum absolute atomic E-state index is 0.312. The van der Waals surface area contributed by atoms with Crippen molar-refractivity contribution in [2.45, 2.75) is 113 Å². The molecule has 0 spiro atoms. The highest BCUT2D eigenvalue weighted by molar-refractivity contribution is 4.97. The Morgan fingerprint density at radius 3 is 1.03 bits per heavy atom. The smallest absolute Gasteiger partial charge is 0.187 e. The van der Waals surface area contributed by atoms with Gasteiger partial charge in [-0.15, -0.1) is 0 Å². The summed E-state index contributed by atoms with van der Waals surface area (Å²) >= 11 is 0. The molecule has 3 aliphatic rings. The van der Waals surface area contributed by atoms with Gasteiger partial charge in [0, 0.05) is 56.9 Å². The zero-order chi connectivity index (χ0) is 28.9. The molecule has 13 heteroatoms. The summed E-state index contributed by atoms with van der Waals surface area (Å²) in [6.45, 7) is 5.67. The summed E-state index contributed by atoms with van der Waals surface area (Å²) in [4.78, 5) is 0. The Morgan fingerprint density at radius 1 is 0.308 bits per heavy atom. The topological polar surface area (TPSA) is 120 Å². The zero-order valence-electron chi connectivity index (χ0n) is 25.0. The molecule has 3 aliphatic heterocycles. The van der Waals surface area contributed by atoms with E-state index in [9.17, 15) is 0 Å². The molecule has 0 N–H and O–H groups in total. The van der Waals surface area contributed by atoms with Crippen molar-refractivity contribution in [3.05, 3.63) is 0 Å². The lowest BCUT2D eigenvalue weighted by Crippen LogP contribution is -2.66. The van der Waals surface area contributed by atoms with E-state index in [1.165, 1.54) is 0 Å². The molecular formula is C26H48O13. The Hall–Kier alpha value is -0.520. The van der Waals surface area contributed by atoms with E-state index < -0.39 is 73.8 Å². The van der Waals surface area contributed by atoms with E-state index in [0.717, 1.165) is 0 Å². The maximum atomic E-state index is 6.52. The molecule has 39 heavy (non-hydrogen) atoms. The van der Waals surface area contributed by atoms with E-state index in [1.807, 2.05) is 20.8 Å². The monoisotopic (exact) mass is 568 g/mol. The molecule has 0 aromatic carbocycles. The minimum Gasteiger partial charge on any atom is -0.376 e. The van der Waals surface area contributed by atoms with E-state index in [0.29, 0.717) is 0 Å². The lowest BCUT2D eigenvalue weighted by Gasteiger charge is -2.50. The molecule has 15 unspecified atom stereocenters. The SMILES string of the molecule is COC1OC(C)C(OC)C(OC2OC(C)C(OC3OC(C)C(OC)C(OC)C3OC)C(OC)C2OC)C1OC. The van der Waals surface area contributed by atoms with E-state index >= 15 is 0 Å². The number of ether oxygens (including phenoxy) is 13. The summed E-state index contributed by atoms with van der Waals surface area (Å²) in [5.41, 5.74) is 0. The third-order valence-electron chi connectivity index (χ3n) is 7.90. The molecule has 3 saturated heterocycles. The normalized spacial score (nSPS) is 47.3. The van der Waals surface area contributed by atoms with Crippen LogP contribution < -0.4 is 0 Å². The van der Waals surface area contributed by atoms with Crippen molar-refractivity contribution in [3.63, 3.8) is 0 Å². The van der Waals surface area contributed by atoms with Crippen molar-refractivity contribution >= 4 is 0 Å². The number of rotatable bonds is 12. The molecule has 0 amide bonds. The second-order valence-electron chi connectivity index (χ2n) is 9.97. The molecule has 0 aliphatic carbocycles. The van der Waals surface area contributed by atoms with Crippen molar-refractivity contribution in [2.75, 3.05) is 56.9 Å². The average molecular weight is 569 g/mol. The van der Waals surface area contributed by atoms with Gasteiger partial charge >= 0.3 is 0 Å². The van der Waals surface area contributed by atoms with Crippen LogP contribution in [0, 0.1) is 0 Å². The predicted octanol–water partition coefficient (Wildman–Crippen LogP) is 0.743. The molecule has 0 radical (unpaired) electrons. The Labute approximate surface area is 231 Å². The first kappa shape index (κ1) is 33.0. The maximum Gasteiger partial charge on any atom is 0.187 e. The van der Waals surface area contributed by atoms with Gasteiger partial charge in [0.2, 0.25) is 0 Å². The lowest BCUT2D eigenvalue weighted by atomic mass is 9.96. The average Bonchev–Trinajstić information content (AvgIpc) is 2.93. The highest BCUT2D eigenvalue weighted by Gasteiger charge is 2.54. The van der Waals surface area contributed by atoms with Gasteiger partial charge in [0.05, 0.1) is 18.3 Å². The van der Waals surface area contributed by atoms with Crippen LogP contribution in [0.3, 0.4) is 0 Å².